The van der Waals surface area contributed by atoms with E-state index in [2.05, 4.69) is 25.8 Å². The summed E-state index contributed by atoms with van der Waals surface area (Å²) in [5.41, 5.74) is 2.91. The van der Waals surface area contributed by atoms with Crippen molar-refractivity contribution < 1.29 is 14.0 Å². The molecule has 0 saturated heterocycles. The van der Waals surface area contributed by atoms with Gasteiger partial charge >= 0.3 is 0 Å². The molecule has 5 rings (SSSR count). The second-order valence-corrected chi connectivity index (χ2v) is 10.8. The van der Waals surface area contributed by atoms with Crippen LogP contribution in [0.25, 0.3) is 17.5 Å². The molecule has 0 bridgehead atoms. The zero-order valence-corrected chi connectivity index (χ0v) is 24.9. The Morgan fingerprint density at radius 3 is 2.64 bits per heavy atom. The molecule has 12 heteroatoms. The van der Waals surface area contributed by atoms with Crippen LogP contribution in [0.2, 0.25) is 5.02 Å². The van der Waals surface area contributed by atoms with Gasteiger partial charge in [0.05, 0.1) is 18.3 Å². The van der Waals surface area contributed by atoms with Gasteiger partial charge in [0.15, 0.2) is 5.78 Å². The van der Waals surface area contributed by atoms with Gasteiger partial charge in [-0.25, -0.2) is 9.37 Å². The quantitative estimate of drug-likeness (QED) is 0.210. The highest BCUT2D eigenvalue weighted by atomic mass is 35.5. The molecule has 0 spiro atoms. The number of ketones is 1. The van der Waals surface area contributed by atoms with Gasteiger partial charge < -0.3 is 14.8 Å². The zero-order valence-electron chi connectivity index (χ0n) is 24.1. The molecule has 224 valence electrons. The molecule has 10 nitrogen and oxygen atoms in total. The van der Waals surface area contributed by atoms with E-state index in [0.29, 0.717) is 28.5 Å². The lowest BCUT2D eigenvalue weighted by atomic mass is 9.97. The molecular weight excluding hydrogens is 583 g/mol. The van der Waals surface area contributed by atoms with Crippen LogP contribution in [-0.2, 0) is 29.0 Å². The van der Waals surface area contributed by atoms with E-state index in [1.54, 1.807) is 48.8 Å². The summed E-state index contributed by atoms with van der Waals surface area (Å²) in [6, 6.07) is 18.3. The van der Waals surface area contributed by atoms with Gasteiger partial charge in [0.2, 0.25) is 5.91 Å². The molecule has 0 aliphatic heterocycles. The highest BCUT2D eigenvalue weighted by Gasteiger charge is 2.22. The Balaban J connectivity index is 1.34. The van der Waals surface area contributed by atoms with E-state index < -0.39 is 17.8 Å². The maximum Gasteiger partial charge on any atom is 0.244 e. The number of carbonyl (C=O) groups excluding carboxylic acids is 2. The minimum atomic E-state index is -0.896. The summed E-state index contributed by atoms with van der Waals surface area (Å²) >= 11 is 6.19. The molecule has 0 radical (unpaired) electrons. The van der Waals surface area contributed by atoms with Crippen LogP contribution in [0, 0.1) is 5.82 Å². The summed E-state index contributed by atoms with van der Waals surface area (Å²) in [6.45, 7) is 0.584. The lowest BCUT2D eigenvalue weighted by molar-refractivity contribution is -0.125. The number of amides is 1. The zero-order chi connectivity index (χ0) is 31.1. The Labute approximate surface area is 258 Å². The van der Waals surface area contributed by atoms with Gasteiger partial charge in [-0.1, -0.05) is 48.0 Å². The normalized spacial score (nSPS) is 12.1. The van der Waals surface area contributed by atoms with Crippen molar-refractivity contribution in [3.63, 3.8) is 0 Å². The van der Waals surface area contributed by atoms with Crippen LogP contribution >= 0.6 is 11.6 Å². The molecule has 1 N–H and O–H groups in total. The molecule has 3 aromatic carbocycles. The van der Waals surface area contributed by atoms with Crippen molar-refractivity contribution in [2.75, 3.05) is 14.1 Å². The summed E-state index contributed by atoms with van der Waals surface area (Å²) in [5, 5.41) is 14.5. The predicted molar refractivity (Wildman–Crippen MR) is 165 cm³/mol. The average Bonchev–Trinajstić information content (AvgIpc) is 3.70. The van der Waals surface area contributed by atoms with E-state index in [1.165, 1.54) is 23.2 Å². The van der Waals surface area contributed by atoms with Crippen molar-refractivity contribution in [3.05, 3.63) is 125 Å². The first kappa shape index (κ1) is 30.5. The fourth-order valence-electron chi connectivity index (χ4n) is 4.73. The standard InChI is InChI=1S/C32H30ClFN8O2/c1-40(2)20-31-35-14-15-41(31)26-11-8-23(27(34)19-26)18-30(43)28(16-22-6-4-3-5-7-22)37-32(44)13-9-24-17-25(33)10-12-29(24)42-21-36-38-39-42/h3-15,17,19,21,28H,16,18,20H2,1-2H3,(H,37,44)/b13-9+/t28-/m0/s1. The second kappa shape index (κ2) is 14.0. The SMILES string of the molecule is CN(C)Cc1nccn1-c1ccc(CC(=O)[C@H](Cc2ccccc2)NC(=O)/C=C/c2cc(Cl)ccc2-n2cnnn2)c(F)c1. The molecule has 0 fully saturated rings. The summed E-state index contributed by atoms with van der Waals surface area (Å²) in [6.07, 6.45) is 7.80. The predicted octanol–water partition coefficient (Wildman–Crippen LogP) is 4.25. The second-order valence-electron chi connectivity index (χ2n) is 10.4. The van der Waals surface area contributed by atoms with Gasteiger partial charge in [0, 0.05) is 41.2 Å². The van der Waals surface area contributed by atoms with Crippen molar-refractivity contribution in [2.24, 2.45) is 0 Å². The third-order valence-corrected chi connectivity index (χ3v) is 7.08. The number of Topliss-reactive ketones (excluding diaryl/α,β-unsaturated/α-hetero) is 1. The molecule has 0 saturated carbocycles. The number of aromatic nitrogens is 6. The van der Waals surface area contributed by atoms with Crippen molar-refractivity contribution in [3.8, 4) is 11.4 Å². The maximum absolute atomic E-state index is 15.3. The number of tetrazole rings is 1. The highest BCUT2D eigenvalue weighted by molar-refractivity contribution is 6.30. The molecule has 1 amide bonds. The Hall–Kier alpha value is -5.00. The van der Waals surface area contributed by atoms with E-state index in [1.807, 2.05) is 53.9 Å². The number of benzene rings is 3. The molecule has 44 heavy (non-hydrogen) atoms. The Morgan fingerprint density at radius 2 is 1.91 bits per heavy atom. The first-order chi connectivity index (χ1) is 21.3. The Morgan fingerprint density at radius 1 is 1.09 bits per heavy atom. The van der Waals surface area contributed by atoms with E-state index in [9.17, 15) is 9.59 Å². The third kappa shape index (κ3) is 7.68. The van der Waals surface area contributed by atoms with Crippen molar-refractivity contribution in [2.45, 2.75) is 25.4 Å². The number of hydrogen-bond acceptors (Lipinski definition) is 7. The minimum Gasteiger partial charge on any atom is -0.342 e. The lowest BCUT2D eigenvalue weighted by Crippen LogP contribution is -2.42. The molecule has 2 heterocycles. The fraction of sp³-hybridized carbons (Fsp3) is 0.188. The summed E-state index contributed by atoms with van der Waals surface area (Å²) in [4.78, 5) is 33.0. The topological polar surface area (TPSA) is 111 Å². The molecule has 2 aromatic heterocycles. The number of rotatable bonds is 12. The molecule has 0 aliphatic carbocycles. The van der Waals surface area contributed by atoms with Crippen molar-refractivity contribution in [1.82, 2.24) is 40.0 Å². The van der Waals surface area contributed by atoms with Crippen LogP contribution in [0.15, 0.2) is 91.5 Å². The maximum atomic E-state index is 15.3. The molecule has 5 aromatic rings. The van der Waals surface area contributed by atoms with Crippen LogP contribution in [0.3, 0.4) is 0 Å². The van der Waals surface area contributed by atoms with Crippen molar-refractivity contribution >= 4 is 29.4 Å². The van der Waals surface area contributed by atoms with E-state index >= 15 is 4.39 Å². The van der Waals surface area contributed by atoms with Crippen LogP contribution < -0.4 is 5.32 Å². The summed E-state index contributed by atoms with van der Waals surface area (Å²) in [7, 11) is 3.86. The first-order valence-electron chi connectivity index (χ1n) is 13.8. The first-order valence-corrected chi connectivity index (χ1v) is 14.2. The fourth-order valence-corrected chi connectivity index (χ4v) is 4.91. The summed E-state index contributed by atoms with van der Waals surface area (Å²) < 4.78 is 18.6. The van der Waals surface area contributed by atoms with Gasteiger partial charge in [-0.3, -0.25) is 9.59 Å². The number of carbonyl (C=O) groups is 2. The molecule has 0 unspecified atom stereocenters. The van der Waals surface area contributed by atoms with Gasteiger partial charge in [-0.2, -0.15) is 4.68 Å². The van der Waals surface area contributed by atoms with Crippen LogP contribution in [0.1, 0.15) is 22.5 Å². The number of halogens is 2. The molecular formula is C32H30ClFN8O2. The van der Waals surface area contributed by atoms with Crippen LogP contribution in [0.5, 0.6) is 0 Å². The number of hydrogen-bond donors (Lipinski definition) is 1. The third-order valence-electron chi connectivity index (χ3n) is 6.84. The van der Waals surface area contributed by atoms with Gasteiger partial charge in [0.25, 0.3) is 0 Å². The Bertz CT molecular complexity index is 1770. The average molecular weight is 613 g/mol. The summed E-state index contributed by atoms with van der Waals surface area (Å²) in [5.74, 6) is -0.567. The van der Waals surface area contributed by atoms with E-state index in [0.717, 1.165) is 11.4 Å². The van der Waals surface area contributed by atoms with E-state index in [4.69, 9.17) is 11.6 Å². The minimum absolute atomic E-state index is 0.195. The number of nitrogens with one attached hydrogen (secondary N) is 1. The number of imidazole rings is 1. The van der Waals surface area contributed by atoms with E-state index in [-0.39, 0.29) is 24.2 Å². The smallest absolute Gasteiger partial charge is 0.244 e. The van der Waals surface area contributed by atoms with Gasteiger partial charge in [0.1, 0.15) is 18.0 Å². The van der Waals surface area contributed by atoms with Crippen molar-refractivity contribution in [1.29, 1.82) is 0 Å². The Kier molecular flexibility index (Phi) is 9.68. The van der Waals surface area contributed by atoms with Crippen LogP contribution in [0.4, 0.5) is 4.39 Å². The van der Waals surface area contributed by atoms with Gasteiger partial charge in [-0.05, 0) is 78.5 Å². The largest absolute Gasteiger partial charge is 0.342 e. The lowest BCUT2D eigenvalue weighted by Gasteiger charge is -2.18. The van der Waals surface area contributed by atoms with Crippen LogP contribution in [-0.4, -0.2) is 66.5 Å². The number of nitrogens with zero attached hydrogens (tertiary/aromatic N) is 7. The molecule has 1 atom stereocenters. The monoisotopic (exact) mass is 612 g/mol. The molecule has 0 aliphatic rings. The van der Waals surface area contributed by atoms with Gasteiger partial charge in [-0.15, -0.1) is 5.10 Å². The highest BCUT2D eigenvalue weighted by Crippen LogP contribution is 2.21.